The van der Waals surface area contributed by atoms with E-state index in [-0.39, 0.29) is 10.8 Å². The van der Waals surface area contributed by atoms with Crippen LogP contribution >= 0.6 is 11.6 Å². The van der Waals surface area contributed by atoms with Crippen LogP contribution in [0.5, 0.6) is 0 Å². The van der Waals surface area contributed by atoms with Crippen LogP contribution in [0, 0.1) is 0 Å². The zero-order valence-corrected chi connectivity index (χ0v) is 33.3. The first-order valence-corrected chi connectivity index (χ1v) is 19.5. The Kier molecular flexibility index (Phi) is 11.4. The molecule has 2 heterocycles. The van der Waals surface area contributed by atoms with E-state index in [1.54, 1.807) is 0 Å². The van der Waals surface area contributed by atoms with E-state index in [1.807, 2.05) is 7.11 Å². The number of ether oxygens (including phenoxy) is 1. The van der Waals surface area contributed by atoms with Gasteiger partial charge in [-0.2, -0.15) is 0 Å². The lowest BCUT2D eigenvalue weighted by Crippen LogP contribution is -2.54. The van der Waals surface area contributed by atoms with E-state index in [1.165, 1.54) is 74.4 Å². The van der Waals surface area contributed by atoms with Crippen molar-refractivity contribution in [2.45, 2.75) is 143 Å². The van der Waals surface area contributed by atoms with Crippen LogP contribution in [0.1, 0.15) is 134 Å². The third kappa shape index (κ3) is 6.48. The van der Waals surface area contributed by atoms with Crippen LogP contribution in [0.4, 0.5) is 11.4 Å². The highest BCUT2D eigenvalue weighted by atomic mass is 35.5. The summed E-state index contributed by atoms with van der Waals surface area (Å²) in [7, 11) is 6.29. The molecule has 3 nitrogen and oxygen atoms in total. The number of hydrogen-bond acceptors (Lipinski definition) is 3. The number of halogens is 1. The van der Waals surface area contributed by atoms with Gasteiger partial charge in [-0.3, -0.25) is 0 Å². The lowest BCUT2D eigenvalue weighted by atomic mass is 9.76. The summed E-state index contributed by atoms with van der Waals surface area (Å²) in [5.74, 6) is 0. The second-order valence-electron chi connectivity index (χ2n) is 15.8. The number of likely N-dealkylation sites (N-methyl/N-ethyl adjacent to an activating group) is 2. The summed E-state index contributed by atoms with van der Waals surface area (Å²) in [5.41, 5.74) is 14.2. The summed E-state index contributed by atoms with van der Waals surface area (Å²) < 4.78 is 6.53. The molecule has 0 saturated heterocycles. The van der Waals surface area contributed by atoms with Crippen molar-refractivity contribution in [3.8, 4) is 0 Å². The Bertz CT molecular complexity index is 1670. The maximum absolute atomic E-state index is 7.29. The summed E-state index contributed by atoms with van der Waals surface area (Å²) >= 11 is 7.29. The van der Waals surface area contributed by atoms with E-state index < -0.39 is 5.72 Å². The second kappa shape index (κ2) is 14.8. The van der Waals surface area contributed by atoms with Crippen molar-refractivity contribution in [1.82, 2.24) is 0 Å². The van der Waals surface area contributed by atoms with Gasteiger partial charge in [0.15, 0.2) is 5.72 Å². The van der Waals surface area contributed by atoms with Crippen molar-refractivity contribution in [3.63, 3.8) is 0 Å². The van der Waals surface area contributed by atoms with Crippen molar-refractivity contribution in [2.75, 3.05) is 31.0 Å². The summed E-state index contributed by atoms with van der Waals surface area (Å²) in [6.07, 6.45) is 21.4. The predicted octanol–water partition coefficient (Wildman–Crippen LogP) is 12.0. The van der Waals surface area contributed by atoms with Crippen LogP contribution in [0.15, 0.2) is 70.4 Å². The molecule has 0 amide bonds. The Balaban J connectivity index is 1.49. The number of benzene rings is 2. The molecule has 0 saturated carbocycles. The van der Waals surface area contributed by atoms with Crippen molar-refractivity contribution in [2.24, 2.45) is 0 Å². The van der Waals surface area contributed by atoms with E-state index in [0.717, 1.165) is 62.8 Å². The maximum Gasteiger partial charge on any atom is 0.169 e. The molecule has 0 N–H and O–H groups in total. The molecule has 2 aromatic carbocycles. The minimum absolute atomic E-state index is 0.0750. The van der Waals surface area contributed by atoms with E-state index in [2.05, 4.69) is 128 Å². The minimum atomic E-state index is -0.618. The number of methoxy groups -OCH3 is 1. The van der Waals surface area contributed by atoms with E-state index >= 15 is 0 Å². The van der Waals surface area contributed by atoms with Crippen molar-refractivity contribution in [3.05, 3.63) is 104 Å². The third-order valence-corrected chi connectivity index (χ3v) is 12.4. The lowest BCUT2D eigenvalue weighted by molar-refractivity contribution is -0.0128. The summed E-state index contributed by atoms with van der Waals surface area (Å²) in [4.78, 5) is 4.78. The first-order valence-electron chi connectivity index (χ1n) is 19.2. The molecule has 0 bridgehead atoms. The monoisotopic (exact) mass is 682 g/mol. The first-order chi connectivity index (χ1) is 23.3. The zero-order valence-electron chi connectivity index (χ0n) is 32.6. The molecular formula is C45H63ClN2O. The van der Waals surface area contributed by atoms with Crippen LogP contribution in [0.3, 0.4) is 0 Å². The standard InChI is InChI=1S/C45H63ClN2O/c1-12-17-33-27-37-39(29-35(33)19-14-3)47(9)41(43(37,5)6)24-23-31-21-16-22-32(42(31)46)25-26-45(49-11)44(7,8)38-28-34(18-13-2)36(20-15-4)30-40(38)48(45)10/h23-30H,12-22H2,1-11H3. The van der Waals surface area contributed by atoms with Crippen molar-refractivity contribution >= 4 is 23.0 Å². The minimum Gasteiger partial charge on any atom is -0.354 e. The molecule has 5 rings (SSSR count). The number of fused-ring (bicyclic) bond motifs is 2. The summed E-state index contributed by atoms with van der Waals surface area (Å²) in [6, 6.07) is 9.89. The van der Waals surface area contributed by atoms with Gasteiger partial charge in [0.25, 0.3) is 0 Å². The Hall–Kier alpha value is -2.75. The fourth-order valence-electron chi connectivity index (χ4n) is 9.10. The molecule has 0 radical (unpaired) electrons. The van der Waals surface area contributed by atoms with Crippen LogP contribution < -0.4 is 9.80 Å². The van der Waals surface area contributed by atoms with Gasteiger partial charge in [-0.05, 0) is 114 Å². The maximum atomic E-state index is 7.29. The van der Waals surface area contributed by atoms with Gasteiger partial charge < -0.3 is 14.5 Å². The number of nitrogens with zero attached hydrogens (tertiary/aromatic N) is 2. The van der Waals surface area contributed by atoms with Crippen molar-refractivity contribution in [1.29, 1.82) is 0 Å². The highest BCUT2D eigenvalue weighted by Gasteiger charge is 2.55. The zero-order chi connectivity index (χ0) is 35.7. The average Bonchev–Trinajstić information content (AvgIpc) is 3.35. The fraction of sp³-hybridized carbons (Fsp3) is 0.556. The van der Waals surface area contributed by atoms with Gasteiger partial charge in [-0.15, -0.1) is 0 Å². The molecule has 0 aromatic heterocycles. The number of aryl methyl sites for hydroxylation is 4. The largest absolute Gasteiger partial charge is 0.354 e. The van der Waals surface area contributed by atoms with Crippen LogP contribution in [0.2, 0.25) is 0 Å². The van der Waals surface area contributed by atoms with Gasteiger partial charge in [0.05, 0.1) is 0 Å². The molecule has 3 aliphatic rings. The molecule has 0 fully saturated rings. The summed E-state index contributed by atoms with van der Waals surface area (Å²) in [5, 5.41) is 0.892. The van der Waals surface area contributed by atoms with Gasteiger partial charge in [-0.25, -0.2) is 0 Å². The SMILES string of the molecule is CCCc1cc2c(cc1CCC)C(C)(C)C(=CC=C1CCCC(C=CC3(OC)N(C)c4cc(CCC)c(CCC)cc4C3(C)C)=C1Cl)N2C. The van der Waals surface area contributed by atoms with Crippen LogP contribution in [0.25, 0.3) is 0 Å². The first kappa shape index (κ1) is 37.5. The van der Waals surface area contributed by atoms with Gasteiger partial charge >= 0.3 is 0 Å². The van der Waals surface area contributed by atoms with Gasteiger partial charge in [0.1, 0.15) is 0 Å². The average molecular weight is 683 g/mol. The van der Waals surface area contributed by atoms with Crippen LogP contribution in [-0.4, -0.2) is 26.9 Å². The molecular weight excluding hydrogens is 620 g/mol. The predicted molar refractivity (Wildman–Crippen MR) is 213 cm³/mol. The molecule has 1 aliphatic carbocycles. The lowest BCUT2D eigenvalue weighted by Gasteiger charge is -2.43. The van der Waals surface area contributed by atoms with E-state index in [0.29, 0.717) is 0 Å². The quantitative estimate of drug-likeness (QED) is 0.222. The molecule has 266 valence electrons. The third-order valence-electron chi connectivity index (χ3n) is 11.9. The molecule has 4 heteroatoms. The van der Waals surface area contributed by atoms with Gasteiger partial charge in [-0.1, -0.05) is 117 Å². The molecule has 0 spiro atoms. The number of anilines is 2. The molecule has 2 aromatic rings. The molecule has 49 heavy (non-hydrogen) atoms. The normalized spacial score (nSPS) is 23.0. The highest BCUT2D eigenvalue weighted by molar-refractivity contribution is 6.32. The summed E-state index contributed by atoms with van der Waals surface area (Å²) in [6.45, 7) is 18.5. The number of allylic oxidation sites excluding steroid dienone is 7. The topological polar surface area (TPSA) is 15.7 Å². The molecule has 1 atom stereocenters. The van der Waals surface area contributed by atoms with Crippen molar-refractivity contribution < 1.29 is 4.74 Å². The Morgan fingerprint density at radius 3 is 1.82 bits per heavy atom. The Morgan fingerprint density at radius 2 is 1.27 bits per heavy atom. The van der Waals surface area contributed by atoms with Gasteiger partial charge in [0.2, 0.25) is 0 Å². The highest BCUT2D eigenvalue weighted by Crippen LogP contribution is 2.54. The van der Waals surface area contributed by atoms with Gasteiger partial charge in [0, 0.05) is 54.1 Å². The molecule has 1 unspecified atom stereocenters. The Morgan fingerprint density at radius 1 is 0.735 bits per heavy atom. The smallest absolute Gasteiger partial charge is 0.169 e. The second-order valence-corrected chi connectivity index (χ2v) is 16.2. The Labute approximate surface area is 304 Å². The van der Waals surface area contributed by atoms with E-state index in [9.17, 15) is 0 Å². The number of hydrogen-bond donors (Lipinski definition) is 0. The van der Waals surface area contributed by atoms with Crippen LogP contribution in [-0.2, 0) is 41.3 Å². The fourth-order valence-corrected chi connectivity index (χ4v) is 9.41. The molecule has 2 aliphatic heterocycles. The number of rotatable bonds is 12. The van der Waals surface area contributed by atoms with E-state index in [4.69, 9.17) is 16.3 Å².